The Bertz CT molecular complexity index is 281. The highest BCUT2D eigenvalue weighted by Gasteiger charge is 2.30. The van der Waals surface area contributed by atoms with Crippen LogP contribution in [0.25, 0.3) is 0 Å². The topological polar surface area (TPSA) is 37.4 Å². The minimum Gasteiger partial charge on any atom is -0.272 e. The second-order valence-corrected chi connectivity index (χ2v) is 4.73. The Kier molecular flexibility index (Phi) is 3.75. The van der Waals surface area contributed by atoms with Gasteiger partial charge in [0.2, 0.25) is 0 Å². The molecule has 0 aromatic heterocycles. The number of carbonyl (C=O) groups excluding carboxylic acids is 2. The van der Waals surface area contributed by atoms with Crippen LogP contribution in [0.15, 0.2) is 12.2 Å². The van der Waals surface area contributed by atoms with Gasteiger partial charge in [0, 0.05) is 18.2 Å². The number of amides is 2. The van der Waals surface area contributed by atoms with E-state index in [0.29, 0.717) is 0 Å². The summed E-state index contributed by atoms with van der Waals surface area (Å²) in [6.07, 6.45) is 12.1. The molecule has 0 aromatic carbocycles. The number of imide groups is 1. The van der Waals surface area contributed by atoms with Gasteiger partial charge in [0.1, 0.15) is 0 Å². The van der Waals surface area contributed by atoms with Crippen LogP contribution in [0.4, 0.5) is 0 Å². The summed E-state index contributed by atoms with van der Waals surface area (Å²) in [4.78, 5) is 24.6. The van der Waals surface area contributed by atoms with Crippen LogP contribution < -0.4 is 0 Å². The highest BCUT2D eigenvalue weighted by Crippen LogP contribution is 2.23. The van der Waals surface area contributed by atoms with Crippen molar-refractivity contribution in [2.75, 3.05) is 0 Å². The molecule has 0 unspecified atom stereocenters. The monoisotopic (exact) mass is 221 g/mol. The van der Waals surface area contributed by atoms with Crippen molar-refractivity contribution < 1.29 is 9.59 Å². The molecule has 2 aliphatic rings. The van der Waals surface area contributed by atoms with Gasteiger partial charge in [-0.3, -0.25) is 14.5 Å². The molecule has 88 valence electrons. The molecular formula is C13H19NO2. The zero-order valence-corrected chi connectivity index (χ0v) is 9.65. The first-order valence-corrected chi connectivity index (χ1v) is 6.34. The fourth-order valence-electron chi connectivity index (χ4n) is 2.64. The molecule has 1 fully saturated rings. The highest BCUT2D eigenvalue weighted by atomic mass is 16.2. The molecular weight excluding hydrogens is 202 g/mol. The first-order chi connectivity index (χ1) is 7.79. The van der Waals surface area contributed by atoms with Crippen LogP contribution in [-0.4, -0.2) is 22.8 Å². The first-order valence-electron chi connectivity index (χ1n) is 6.34. The van der Waals surface area contributed by atoms with E-state index < -0.39 is 0 Å². The maximum atomic E-state index is 11.6. The third-order valence-corrected chi connectivity index (χ3v) is 3.53. The minimum atomic E-state index is -0.116. The largest absolute Gasteiger partial charge is 0.272 e. The van der Waals surface area contributed by atoms with Crippen LogP contribution in [0.2, 0.25) is 0 Å². The lowest BCUT2D eigenvalue weighted by Crippen LogP contribution is -2.40. The van der Waals surface area contributed by atoms with Crippen molar-refractivity contribution in [1.29, 1.82) is 0 Å². The average Bonchev–Trinajstić information content (AvgIpc) is 2.65. The predicted octanol–water partition coefficient (Wildman–Crippen LogP) is 2.41. The Hall–Kier alpha value is -1.12. The molecule has 0 radical (unpaired) electrons. The molecule has 0 spiro atoms. The molecule has 0 saturated heterocycles. The molecule has 1 saturated carbocycles. The predicted molar refractivity (Wildman–Crippen MR) is 61.7 cm³/mol. The zero-order valence-electron chi connectivity index (χ0n) is 9.65. The second kappa shape index (κ2) is 5.28. The highest BCUT2D eigenvalue weighted by molar-refractivity contribution is 6.13. The number of hydrogen-bond acceptors (Lipinski definition) is 2. The van der Waals surface area contributed by atoms with E-state index in [-0.39, 0.29) is 17.9 Å². The van der Waals surface area contributed by atoms with Gasteiger partial charge >= 0.3 is 0 Å². The van der Waals surface area contributed by atoms with Crippen molar-refractivity contribution in [2.24, 2.45) is 0 Å². The van der Waals surface area contributed by atoms with Gasteiger partial charge in [-0.05, 0) is 12.8 Å². The van der Waals surface area contributed by atoms with E-state index >= 15 is 0 Å². The maximum absolute atomic E-state index is 11.6. The van der Waals surface area contributed by atoms with Gasteiger partial charge in [-0.25, -0.2) is 0 Å². The number of carbonyl (C=O) groups is 2. The SMILES string of the molecule is O=C1C=CC(=O)N1C1CCCCCCCC1. The second-order valence-electron chi connectivity index (χ2n) is 4.73. The van der Waals surface area contributed by atoms with Crippen LogP contribution >= 0.6 is 0 Å². The number of hydrogen-bond donors (Lipinski definition) is 0. The average molecular weight is 221 g/mol. The van der Waals surface area contributed by atoms with Gasteiger partial charge in [-0.1, -0.05) is 38.5 Å². The van der Waals surface area contributed by atoms with Crippen LogP contribution in [-0.2, 0) is 9.59 Å². The maximum Gasteiger partial charge on any atom is 0.253 e. The fraction of sp³-hybridized carbons (Fsp3) is 0.692. The van der Waals surface area contributed by atoms with Gasteiger partial charge in [0.05, 0.1) is 0 Å². The van der Waals surface area contributed by atoms with E-state index in [1.807, 2.05) is 0 Å². The molecule has 0 atom stereocenters. The summed E-state index contributed by atoms with van der Waals surface area (Å²) >= 11 is 0. The Labute approximate surface area is 96.5 Å². The summed E-state index contributed by atoms with van der Waals surface area (Å²) in [5.41, 5.74) is 0. The zero-order chi connectivity index (χ0) is 11.4. The lowest BCUT2D eigenvalue weighted by molar-refractivity contribution is -0.139. The fourth-order valence-corrected chi connectivity index (χ4v) is 2.64. The van der Waals surface area contributed by atoms with Gasteiger partial charge in [0.15, 0.2) is 0 Å². The van der Waals surface area contributed by atoms with Crippen LogP contribution in [0.3, 0.4) is 0 Å². The summed E-state index contributed by atoms with van der Waals surface area (Å²) in [5, 5.41) is 0. The Balaban J connectivity index is 2.00. The normalized spacial score (nSPS) is 24.4. The van der Waals surface area contributed by atoms with E-state index in [1.54, 1.807) is 0 Å². The smallest absolute Gasteiger partial charge is 0.253 e. The van der Waals surface area contributed by atoms with Crippen LogP contribution in [0.1, 0.15) is 51.4 Å². The van der Waals surface area contributed by atoms with Crippen molar-refractivity contribution in [3.63, 3.8) is 0 Å². The van der Waals surface area contributed by atoms with E-state index in [4.69, 9.17) is 0 Å². The molecule has 16 heavy (non-hydrogen) atoms. The third kappa shape index (κ3) is 2.52. The molecule has 0 aromatic rings. The summed E-state index contributed by atoms with van der Waals surface area (Å²) in [5.74, 6) is -0.233. The van der Waals surface area contributed by atoms with Crippen LogP contribution in [0.5, 0.6) is 0 Å². The molecule has 3 heteroatoms. The van der Waals surface area contributed by atoms with Gasteiger partial charge in [-0.2, -0.15) is 0 Å². The van der Waals surface area contributed by atoms with E-state index in [0.717, 1.165) is 25.7 Å². The molecule has 0 bridgehead atoms. The lowest BCUT2D eigenvalue weighted by Gasteiger charge is -2.25. The Morgan fingerprint density at radius 1 is 0.812 bits per heavy atom. The molecule has 2 amide bonds. The third-order valence-electron chi connectivity index (χ3n) is 3.53. The van der Waals surface area contributed by atoms with Crippen molar-refractivity contribution in [3.8, 4) is 0 Å². The number of rotatable bonds is 1. The van der Waals surface area contributed by atoms with Crippen molar-refractivity contribution in [2.45, 2.75) is 57.4 Å². The molecule has 1 aliphatic heterocycles. The summed E-state index contributed by atoms with van der Waals surface area (Å²) in [6, 6.07) is 0.146. The summed E-state index contributed by atoms with van der Waals surface area (Å²) in [6.45, 7) is 0. The van der Waals surface area contributed by atoms with E-state index in [9.17, 15) is 9.59 Å². The standard InChI is InChI=1S/C13H19NO2/c15-12-9-10-13(16)14(12)11-7-5-3-1-2-4-6-8-11/h9-11H,1-8H2. The van der Waals surface area contributed by atoms with Crippen molar-refractivity contribution >= 4 is 11.8 Å². The van der Waals surface area contributed by atoms with E-state index in [1.165, 1.54) is 42.7 Å². The Morgan fingerprint density at radius 2 is 1.25 bits per heavy atom. The van der Waals surface area contributed by atoms with Gasteiger partial charge < -0.3 is 0 Å². The van der Waals surface area contributed by atoms with Gasteiger partial charge in [-0.15, -0.1) is 0 Å². The molecule has 1 aliphatic carbocycles. The molecule has 2 rings (SSSR count). The summed E-state index contributed by atoms with van der Waals surface area (Å²) in [7, 11) is 0. The minimum absolute atomic E-state index is 0.116. The Morgan fingerprint density at radius 3 is 1.75 bits per heavy atom. The van der Waals surface area contributed by atoms with Crippen molar-refractivity contribution in [1.82, 2.24) is 4.90 Å². The van der Waals surface area contributed by atoms with Gasteiger partial charge in [0.25, 0.3) is 11.8 Å². The molecule has 0 N–H and O–H groups in total. The molecule has 3 nitrogen and oxygen atoms in total. The van der Waals surface area contributed by atoms with Crippen molar-refractivity contribution in [3.05, 3.63) is 12.2 Å². The van der Waals surface area contributed by atoms with E-state index in [2.05, 4.69) is 0 Å². The lowest BCUT2D eigenvalue weighted by atomic mass is 10.0. The summed E-state index contributed by atoms with van der Waals surface area (Å²) < 4.78 is 0. The molecule has 1 heterocycles. The first kappa shape index (κ1) is 11.4. The number of nitrogens with zero attached hydrogens (tertiary/aromatic N) is 1. The quantitative estimate of drug-likeness (QED) is 0.638. The van der Waals surface area contributed by atoms with Crippen LogP contribution in [0, 0.1) is 0 Å².